The summed E-state index contributed by atoms with van der Waals surface area (Å²) in [6, 6.07) is 9.58. The van der Waals surface area contributed by atoms with E-state index in [1.54, 1.807) is 0 Å². The molecule has 0 unspecified atom stereocenters. The number of para-hydroxylation sites is 1. The van der Waals surface area contributed by atoms with Gasteiger partial charge in [0.05, 0.1) is 0 Å². The summed E-state index contributed by atoms with van der Waals surface area (Å²) in [6.45, 7) is 6.50. The molecule has 1 rings (SSSR count). The largest absolute Gasteiger partial charge is 0.444 e. The van der Waals surface area contributed by atoms with Gasteiger partial charge in [-0.15, -0.1) is 24.0 Å². The van der Waals surface area contributed by atoms with Crippen LogP contribution in [-0.4, -0.2) is 30.7 Å². The maximum Gasteiger partial charge on any atom is 0.407 e. The zero-order chi connectivity index (χ0) is 15.7. The lowest BCUT2D eigenvalue weighted by molar-refractivity contribution is 0.0527. The lowest BCUT2D eigenvalue weighted by Crippen LogP contribution is -2.33. The summed E-state index contributed by atoms with van der Waals surface area (Å²) in [6.07, 6.45) is 0.276. The normalized spacial score (nSPS) is 11.3. The number of nitrogens with zero attached hydrogens (tertiary/aromatic N) is 1. The lowest BCUT2D eigenvalue weighted by atomic mass is 10.2. The molecule has 1 amide bonds. The average molecular weight is 420 g/mol. The van der Waals surface area contributed by atoms with Crippen LogP contribution in [0.5, 0.6) is 0 Å². The summed E-state index contributed by atoms with van der Waals surface area (Å²) in [5.41, 5.74) is 6.17. The molecular formula is C15H25IN4O2. The van der Waals surface area contributed by atoms with Crippen molar-refractivity contribution in [3.63, 3.8) is 0 Å². The number of anilines is 1. The summed E-state index contributed by atoms with van der Waals surface area (Å²) in [5.74, 6) is 0.360. The number of amides is 1. The van der Waals surface area contributed by atoms with Gasteiger partial charge >= 0.3 is 6.09 Å². The van der Waals surface area contributed by atoms with E-state index >= 15 is 0 Å². The average Bonchev–Trinajstić information content (AvgIpc) is 2.37. The number of nitrogens with two attached hydrogens (primary N) is 1. The van der Waals surface area contributed by atoms with Crippen LogP contribution in [0.4, 0.5) is 10.5 Å². The zero-order valence-corrected chi connectivity index (χ0v) is 15.6. The van der Waals surface area contributed by atoms with Gasteiger partial charge in [-0.1, -0.05) is 18.2 Å². The minimum absolute atomic E-state index is 0. The van der Waals surface area contributed by atoms with Gasteiger partial charge in [0.15, 0.2) is 5.96 Å². The predicted molar refractivity (Wildman–Crippen MR) is 101 cm³/mol. The highest BCUT2D eigenvalue weighted by Crippen LogP contribution is 2.06. The first-order chi connectivity index (χ1) is 9.87. The van der Waals surface area contributed by atoms with E-state index in [9.17, 15) is 4.79 Å². The molecule has 0 heterocycles. The fourth-order valence-electron chi connectivity index (χ4n) is 1.49. The molecule has 1 aromatic rings. The third-order valence-electron chi connectivity index (χ3n) is 2.33. The van der Waals surface area contributed by atoms with Crippen molar-refractivity contribution >= 4 is 41.7 Å². The van der Waals surface area contributed by atoms with E-state index in [2.05, 4.69) is 15.6 Å². The number of nitrogens with one attached hydrogen (secondary N) is 2. The monoisotopic (exact) mass is 420 g/mol. The number of aliphatic imine (C=N–C) groups is 1. The van der Waals surface area contributed by atoms with Crippen LogP contribution in [0.1, 0.15) is 27.2 Å². The molecule has 4 N–H and O–H groups in total. The van der Waals surface area contributed by atoms with Crippen LogP contribution in [0.3, 0.4) is 0 Å². The maximum atomic E-state index is 11.4. The Balaban J connectivity index is 0.00000441. The number of ether oxygens (including phenoxy) is 1. The van der Waals surface area contributed by atoms with Crippen LogP contribution in [-0.2, 0) is 4.74 Å². The molecule has 0 aliphatic carbocycles. The van der Waals surface area contributed by atoms with Gasteiger partial charge < -0.3 is 21.1 Å². The molecule has 0 aliphatic heterocycles. The van der Waals surface area contributed by atoms with Crippen molar-refractivity contribution in [3.05, 3.63) is 30.3 Å². The van der Waals surface area contributed by atoms with Crippen LogP contribution >= 0.6 is 24.0 Å². The highest BCUT2D eigenvalue weighted by atomic mass is 127. The molecule has 124 valence electrons. The maximum absolute atomic E-state index is 11.4. The number of rotatable bonds is 5. The highest BCUT2D eigenvalue weighted by Gasteiger charge is 2.15. The SMILES string of the molecule is CC(C)(C)OC(=O)NCCCN=C(N)Nc1ccccc1.I. The number of carbonyl (C=O) groups excluding carboxylic acids is 1. The molecule has 0 fully saturated rings. The zero-order valence-electron chi connectivity index (χ0n) is 13.3. The van der Waals surface area contributed by atoms with Gasteiger partial charge in [-0.25, -0.2) is 4.79 Å². The Hall–Kier alpha value is -1.51. The van der Waals surface area contributed by atoms with Crippen molar-refractivity contribution in [1.29, 1.82) is 0 Å². The molecule has 7 heteroatoms. The molecule has 0 saturated carbocycles. The summed E-state index contributed by atoms with van der Waals surface area (Å²) in [7, 11) is 0. The number of hydrogen-bond donors (Lipinski definition) is 3. The molecule has 0 radical (unpaired) electrons. The van der Waals surface area contributed by atoms with E-state index in [1.807, 2.05) is 51.1 Å². The van der Waals surface area contributed by atoms with Gasteiger partial charge in [0, 0.05) is 18.8 Å². The number of guanidine groups is 1. The Morgan fingerprint density at radius 3 is 2.50 bits per heavy atom. The van der Waals surface area contributed by atoms with Gasteiger partial charge in [-0.05, 0) is 39.3 Å². The third kappa shape index (κ3) is 10.3. The topological polar surface area (TPSA) is 88.7 Å². The summed E-state index contributed by atoms with van der Waals surface area (Å²) in [5, 5.41) is 5.66. The summed E-state index contributed by atoms with van der Waals surface area (Å²) < 4.78 is 5.12. The fourth-order valence-corrected chi connectivity index (χ4v) is 1.49. The molecule has 0 aromatic heterocycles. The van der Waals surface area contributed by atoms with Crippen LogP contribution in [0.2, 0.25) is 0 Å². The van der Waals surface area contributed by atoms with Gasteiger partial charge in [-0.3, -0.25) is 4.99 Å². The van der Waals surface area contributed by atoms with Crippen LogP contribution in [0, 0.1) is 0 Å². The second-order valence-electron chi connectivity index (χ2n) is 5.54. The second kappa shape index (κ2) is 10.3. The molecule has 0 aliphatic rings. The Bertz CT molecular complexity index is 472. The van der Waals surface area contributed by atoms with Gasteiger partial charge in [0.2, 0.25) is 0 Å². The second-order valence-corrected chi connectivity index (χ2v) is 5.54. The molecule has 6 nitrogen and oxygen atoms in total. The van der Waals surface area contributed by atoms with E-state index in [0.29, 0.717) is 25.5 Å². The van der Waals surface area contributed by atoms with E-state index < -0.39 is 11.7 Å². The molecule has 0 bridgehead atoms. The van der Waals surface area contributed by atoms with Crippen LogP contribution in [0.25, 0.3) is 0 Å². The van der Waals surface area contributed by atoms with E-state index in [1.165, 1.54) is 0 Å². The lowest BCUT2D eigenvalue weighted by Gasteiger charge is -2.19. The molecule has 0 atom stereocenters. The van der Waals surface area contributed by atoms with Crippen molar-refractivity contribution in [3.8, 4) is 0 Å². The Kier molecular flexibility index (Phi) is 9.55. The molecule has 22 heavy (non-hydrogen) atoms. The quantitative estimate of drug-likeness (QED) is 0.296. The van der Waals surface area contributed by atoms with Crippen LogP contribution in [0.15, 0.2) is 35.3 Å². The first-order valence-corrected chi connectivity index (χ1v) is 6.96. The smallest absolute Gasteiger partial charge is 0.407 e. The van der Waals surface area contributed by atoms with Gasteiger partial charge in [0.1, 0.15) is 5.60 Å². The number of benzene rings is 1. The Morgan fingerprint density at radius 1 is 1.27 bits per heavy atom. The molecule has 0 spiro atoms. The van der Waals surface area contributed by atoms with Gasteiger partial charge in [-0.2, -0.15) is 0 Å². The third-order valence-corrected chi connectivity index (χ3v) is 2.33. The van der Waals surface area contributed by atoms with E-state index in [4.69, 9.17) is 10.5 Å². The van der Waals surface area contributed by atoms with Crippen LogP contribution < -0.4 is 16.4 Å². The minimum atomic E-state index is -0.480. The number of alkyl carbamates (subject to hydrolysis) is 1. The molecule has 0 saturated heterocycles. The summed E-state index contributed by atoms with van der Waals surface area (Å²) >= 11 is 0. The van der Waals surface area contributed by atoms with Gasteiger partial charge in [0.25, 0.3) is 0 Å². The predicted octanol–water partition coefficient (Wildman–Crippen LogP) is 2.95. The van der Waals surface area contributed by atoms with E-state index in [-0.39, 0.29) is 24.0 Å². The summed E-state index contributed by atoms with van der Waals surface area (Å²) in [4.78, 5) is 15.6. The number of carbonyl (C=O) groups is 1. The fraction of sp³-hybridized carbons (Fsp3) is 0.467. The Labute approximate surface area is 148 Å². The Morgan fingerprint density at radius 2 is 1.91 bits per heavy atom. The highest BCUT2D eigenvalue weighted by molar-refractivity contribution is 14.0. The molecular weight excluding hydrogens is 395 g/mol. The van der Waals surface area contributed by atoms with Crippen molar-refractivity contribution in [2.45, 2.75) is 32.8 Å². The minimum Gasteiger partial charge on any atom is -0.444 e. The van der Waals surface area contributed by atoms with Crippen molar-refractivity contribution in [1.82, 2.24) is 5.32 Å². The van der Waals surface area contributed by atoms with E-state index in [0.717, 1.165) is 5.69 Å². The first-order valence-electron chi connectivity index (χ1n) is 6.96. The number of hydrogen-bond acceptors (Lipinski definition) is 3. The van der Waals surface area contributed by atoms with Crippen molar-refractivity contribution < 1.29 is 9.53 Å². The standard InChI is InChI=1S/C15H24N4O2.HI/c1-15(2,3)21-14(20)18-11-7-10-17-13(16)19-12-8-5-4-6-9-12;/h4-6,8-9H,7,10-11H2,1-3H3,(H,18,20)(H3,16,17,19);1H. The molecule has 1 aromatic carbocycles. The van der Waals surface area contributed by atoms with Crippen molar-refractivity contribution in [2.75, 3.05) is 18.4 Å². The first kappa shape index (κ1) is 20.5. The van der Waals surface area contributed by atoms with Crippen molar-refractivity contribution in [2.24, 2.45) is 10.7 Å². The number of halogens is 1.